The second kappa shape index (κ2) is 3.67. The van der Waals surface area contributed by atoms with Crippen molar-refractivity contribution >= 4 is 28.9 Å². The molecule has 0 atom stereocenters. The maximum Gasteiger partial charge on any atom is 0.0393 e. The summed E-state index contributed by atoms with van der Waals surface area (Å²) in [5.74, 6) is 0. The average Bonchev–Trinajstić information content (AvgIpc) is 2.07. The normalized spacial score (nSPS) is 9.62. The molecule has 2 heteroatoms. The first kappa shape index (κ1) is 9.87. The van der Waals surface area contributed by atoms with Gasteiger partial charge in [-0.1, -0.05) is 29.8 Å². The lowest BCUT2D eigenvalue weighted by Crippen LogP contribution is -1.86. The van der Waals surface area contributed by atoms with Gasteiger partial charge < -0.3 is 5.73 Å². The molecule has 0 amide bonds. The van der Waals surface area contributed by atoms with Crippen molar-refractivity contribution in [2.45, 2.75) is 6.92 Å². The molecule has 0 radical (unpaired) electrons. The van der Waals surface area contributed by atoms with E-state index in [1.54, 1.807) is 0 Å². The van der Waals surface area contributed by atoms with Crippen LogP contribution in [0.25, 0.3) is 10.8 Å². The van der Waals surface area contributed by atoms with E-state index in [2.05, 4.69) is 31.2 Å². The average molecular weight is 194 g/mol. The molecule has 0 saturated heterocycles. The minimum absolute atomic E-state index is 0. The molecule has 1 nitrogen and oxygen atoms in total. The van der Waals surface area contributed by atoms with Crippen molar-refractivity contribution in [3.63, 3.8) is 0 Å². The molecule has 68 valence electrons. The van der Waals surface area contributed by atoms with Crippen LogP contribution in [0, 0.1) is 6.92 Å². The summed E-state index contributed by atoms with van der Waals surface area (Å²) in [6.07, 6.45) is 0. The number of nitrogen functional groups attached to an aromatic ring is 1. The number of hydrogen-bond acceptors (Lipinski definition) is 1. The Morgan fingerprint density at radius 3 is 2.62 bits per heavy atom. The molecule has 13 heavy (non-hydrogen) atoms. The highest BCUT2D eigenvalue weighted by molar-refractivity contribution is 5.93. The van der Waals surface area contributed by atoms with Crippen molar-refractivity contribution in [3.05, 3.63) is 42.0 Å². The zero-order valence-corrected chi connectivity index (χ0v) is 8.27. The SMILES string of the molecule is Cc1ccc2cccc(N)c2c1.Cl. The van der Waals surface area contributed by atoms with Crippen molar-refractivity contribution < 1.29 is 0 Å². The van der Waals surface area contributed by atoms with Gasteiger partial charge in [0.25, 0.3) is 0 Å². The summed E-state index contributed by atoms with van der Waals surface area (Å²) in [6.45, 7) is 2.08. The molecule has 0 fully saturated rings. The Bertz CT molecular complexity index is 423. The van der Waals surface area contributed by atoms with Crippen LogP contribution in [0.5, 0.6) is 0 Å². The van der Waals surface area contributed by atoms with Gasteiger partial charge in [-0.15, -0.1) is 12.4 Å². The summed E-state index contributed by atoms with van der Waals surface area (Å²) in [7, 11) is 0. The first-order valence-corrected chi connectivity index (χ1v) is 4.02. The fourth-order valence-corrected chi connectivity index (χ4v) is 1.41. The largest absolute Gasteiger partial charge is 0.398 e. The van der Waals surface area contributed by atoms with E-state index in [1.165, 1.54) is 10.9 Å². The third kappa shape index (κ3) is 1.76. The quantitative estimate of drug-likeness (QED) is 0.640. The van der Waals surface area contributed by atoms with Gasteiger partial charge in [0.15, 0.2) is 0 Å². The van der Waals surface area contributed by atoms with Crippen molar-refractivity contribution in [3.8, 4) is 0 Å². The zero-order chi connectivity index (χ0) is 8.55. The van der Waals surface area contributed by atoms with E-state index in [0.29, 0.717) is 0 Å². The lowest BCUT2D eigenvalue weighted by molar-refractivity contribution is 1.51. The van der Waals surface area contributed by atoms with Gasteiger partial charge in [0.2, 0.25) is 0 Å². The van der Waals surface area contributed by atoms with E-state index >= 15 is 0 Å². The number of hydrogen-bond donors (Lipinski definition) is 1. The first-order chi connectivity index (χ1) is 5.77. The fraction of sp³-hybridized carbons (Fsp3) is 0.0909. The number of nitrogens with two attached hydrogens (primary N) is 1. The molecule has 2 aromatic carbocycles. The van der Waals surface area contributed by atoms with Crippen LogP contribution in [0.1, 0.15) is 5.56 Å². The molecule has 0 bridgehead atoms. The van der Waals surface area contributed by atoms with Crippen molar-refractivity contribution in [2.24, 2.45) is 0 Å². The fourth-order valence-electron chi connectivity index (χ4n) is 1.41. The highest BCUT2D eigenvalue weighted by Gasteiger charge is 1.95. The molecule has 0 heterocycles. The summed E-state index contributed by atoms with van der Waals surface area (Å²) in [5, 5.41) is 2.36. The number of aryl methyl sites for hydroxylation is 1. The molecule has 0 aliphatic rings. The Morgan fingerprint density at radius 2 is 1.85 bits per heavy atom. The summed E-state index contributed by atoms with van der Waals surface area (Å²) >= 11 is 0. The van der Waals surface area contributed by atoms with Gasteiger partial charge in [0.1, 0.15) is 0 Å². The summed E-state index contributed by atoms with van der Waals surface area (Å²) in [6, 6.07) is 12.3. The standard InChI is InChI=1S/C11H11N.ClH/c1-8-5-6-9-3-2-4-11(12)10(9)7-8;/h2-7H,12H2,1H3;1H. The van der Waals surface area contributed by atoms with Crippen LogP contribution in [0.15, 0.2) is 36.4 Å². The lowest BCUT2D eigenvalue weighted by atomic mass is 10.1. The van der Waals surface area contributed by atoms with E-state index in [1.807, 2.05) is 12.1 Å². The number of fused-ring (bicyclic) bond motifs is 1. The molecular weight excluding hydrogens is 182 g/mol. The number of halogens is 1. The number of benzene rings is 2. The lowest BCUT2D eigenvalue weighted by Gasteiger charge is -2.01. The van der Waals surface area contributed by atoms with Gasteiger partial charge in [-0.2, -0.15) is 0 Å². The van der Waals surface area contributed by atoms with Crippen LogP contribution in [0.4, 0.5) is 5.69 Å². The predicted octanol–water partition coefficient (Wildman–Crippen LogP) is 3.15. The van der Waals surface area contributed by atoms with Crippen LogP contribution >= 0.6 is 12.4 Å². The predicted molar refractivity (Wildman–Crippen MR) is 60.3 cm³/mol. The maximum absolute atomic E-state index is 5.83. The highest BCUT2D eigenvalue weighted by atomic mass is 35.5. The van der Waals surface area contributed by atoms with E-state index in [9.17, 15) is 0 Å². The summed E-state index contributed by atoms with van der Waals surface area (Å²) in [5.41, 5.74) is 7.93. The van der Waals surface area contributed by atoms with Crippen LogP contribution in [0.2, 0.25) is 0 Å². The second-order valence-corrected chi connectivity index (χ2v) is 3.07. The Morgan fingerprint density at radius 1 is 1.08 bits per heavy atom. The minimum atomic E-state index is 0. The molecule has 0 saturated carbocycles. The molecule has 0 aromatic heterocycles. The van der Waals surface area contributed by atoms with Crippen LogP contribution in [-0.4, -0.2) is 0 Å². The Hall–Kier alpha value is -1.21. The zero-order valence-electron chi connectivity index (χ0n) is 7.45. The molecule has 0 aliphatic carbocycles. The maximum atomic E-state index is 5.83. The summed E-state index contributed by atoms with van der Waals surface area (Å²) in [4.78, 5) is 0. The Kier molecular flexibility index (Phi) is 2.79. The minimum Gasteiger partial charge on any atom is -0.398 e. The van der Waals surface area contributed by atoms with Crippen molar-refractivity contribution in [1.82, 2.24) is 0 Å². The van der Waals surface area contributed by atoms with Gasteiger partial charge in [-0.25, -0.2) is 0 Å². The Labute approximate surface area is 84.0 Å². The van der Waals surface area contributed by atoms with Crippen LogP contribution in [0.3, 0.4) is 0 Å². The van der Waals surface area contributed by atoms with Crippen LogP contribution in [-0.2, 0) is 0 Å². The van der Waals surface area contributed by atoms with E-state index in [-0.39, 0.29) is 12.4 Å². The topological polar surface area (TPSA) is 26.0 Å². The van der Waals surface area contributed by atoms with Gasteiger partial charge in [-0.3, -0.25) is 0 Å². The van der Waals surface area contributed by atoms with Gasteiger partial charge >= 0.3 is 0 Å². The van der Waals surface area contributed by atoms with Crippen LogP contribution < -0.4 is 5.73 Å². The van der Waals surface area contributed by atoms with E-state index in [4.69, 9.17) is 5.73 Å². The summed E-state index contributed by atoms with van der Waals surface area (Å²) < 4.78 is 0. The van der Waals surface area contributed by atoms with E-state index < -0.39 is 0 Å². The monoisotopic (exact) mass is 193 g/mol. The van der Waals surface area contributed by atoms with E-state index in [0.717, 1.165) is 11.1 Å². The molecule has 2 rings (SSSR count). The third-order valence-corrected chi connectivity index (χ3v) is 2.07. The van der Waals surface area contributed by atoms with Crippen molar-refractivity contribution in [2.75, 3.05) is 5.73 Å². The molecule has 0 aliphatic heterocycles. The number of anilines is 1. The molecule has 0 unspecified atom stereocenters. The number of rotatable bonds is 0. The van der Waals surface area contributed by atoms with Gasteiger partial charge in [0, 0.05) is 11.1 Å². The molecule has 0 spiro atoms. The smallest absolute Gasteiger partial charge is 0.0393 e. The van der Waals surface area contributed by atoms with Gasteiger partial charge in [-0.05, 0) is 24.4 Å². The molecular formula is C11H12ClN. The van der Waals surface area contributed by atoms with Crippen molar-refractivity contribution in [1.29, 1.82) is 0 Å². The second-order valence-electron chi connectivity index (χ2n) is 3.07. The first-order valence-electron chi connectivity index (χ1n) is 4.02. The third-order valence-electron chi connectivity index (χ3n) is 2.07. The molecule has 2 aromatic rings. The molecule has 2 N–H and O–H groups in total. The highest BCUT2D eigenvalue weighted by Crippen LogP contribution is 2.21. The Balaban J connectivity index is 0.000000845. The van der Waals surface area contributed by atoms with Gasteiger partial charge in [0.05, 0.1) is 0 Å².